The topological polar surface area (TPSA) is 55.6 Å². The number of carbonyl (C=O) groups is 1. The lowest BCUT2D eigenvalue weighted by atomic mass is 10.0. The van der Waals surface area contributed by atoms with Crippen LogP contribution in [-0.4, -0.2) is 30.5 Å². The van der Waals surface area contributed by atoms with Crippen LogP contribution in [0.5, 0.6) is 5.75 Å². The van der Waals surface area contributed by atoms with Gasteiger partial charge >= 0.3 is 0 Å². The Morgan fingerprint density at radius 3 is 2.62 bits per heavy atom. The zero-order valence-electron chi connectivity index (χ0n) is 12.9. The molecule has 0 aliphatic carbocycles. The molecule has 0 spiro atoms. The number of likely N-dealkylation sites (tertiary alicyclic amines) is 1. The average molecular weight is 290 g/mol. The molecule has 1 amide bonds. The smallest absolute Gasteiger partial charge is 0.222 e. The summed E-state index contributed by atoms with van der Waals surface area (Å²) >= 11 is 0. The minimum absolute atomic E-state index is 0.135. The summed E-state index contributed by atoms with van der Waals surface area (Å²) in [6.45, 7) is 4.07. The molecule has 0 bridgehead atoms. The second-order valence-corrected chi connectivity index (χ2v) is 5.61. The maximum absolute atomic E-state index is 12.1. The van der Waals surface area contributed by atoms with Gasteiger partial charge in [0.25, 0.3) is 0 Å². The van der Waals surface area contributed by atoms with E-state index in [1.165, 1.54) is 12.8 Å². The summed E-state index contributed by atoms with van der Waals surface area (Å²) < 4.78 is 5.43. The molecule has 0 radical (unpaired) electrons. The van der Waals surface area contributed by atoms with E-state index in [4.69, 9.17) is 10.5 Å². The van der Waals surface area contributed by atoms with Crippen molar-refractivity contribution < 1.29 is 9.53 Å². The van der Waals surface area contributed by atoms with Gasteiger partial charge in [-0.1, -0.05) is 25.0 Å². The number of ether oxygens (including phenoxy) is 1. The molecule has 2 N–H and O–H groups in total. The monoisotopic (exact) mass is 290 g/mol. The molecule has 1 aliphatic heterocycles. The lowest BCUT2D eigenvalue weighted by Crippen LogP contribution is -2.38. The molecular weight excluding hydrogens is 264 g/mol. The minimum atomic E-state index is -0.135. The van der Waals surface area contributed by atoms with Crippen molar-refractivity contribution in [2.75, 3.05) is 19.7 Å². The van der Waals surface area contributed by atoms with Gasteiger partial charge in [0.15, 0.2) is 0 Å². The summed E-state index contributed by atoms with van der Waals surface area (Å²) in [6, 6.07) is 7.72. The Balaban J connectivity index is 1.95. The predicted molar refractivity (Wildman–Crippen MR) is 84.2 cm³/mol. The SMILES string of the molecule is CCOc1ccc(C(N)CN2CCCCCCC2=O)cc1. The van der Waals surface area contributed by atoms with Crippen molar-refractivity contribution >= 4 is 5.91 Å². The highest BCUT2D eigenvalue weighted by Gasteiger charge is 2.18. The van der Waals surface area contributed by atoms with Crippen molar-refractivity contribution in [3.63, 3.8) is 0 Å². The van der Waals surface area contributed by atoms with Crippen LogP contribution in [0.25, 0.3) is 0 Å². The molecule has 4 heteroatoms. The third-order valence-electron chi connectivity index (χ3n) is 3.96. The van der Waals surface area contributed by atoms with Crippen LogP contribution >= 0.6 is 0 Å². The van der Waals surface area contributed by atoms with E-state index in [2.05, 4.69) is 0 Å². The highest BCUT2D eigenvalue weighted by Crippen LogP contribution is 2.19. The van der Waals surface area contributed by atoms with Gasteiger partial charge in [-0.05, 0) is 37.5 Å². The molecule has 21 heavy (non-hydrogen) atoms. The van der Waals surface area contributed by atoms with E-state index in [9.17, 15) is 4.79 Å². The number of rotatable bonds is 5. The van der Waals surface area contributed by atoms with Crippen LogP contribution in [0.1, 0.15) is 50.6 Å². The molecule has 1 atom stereocenters. The molecule has 116 valence electrons. The van der Waals surface area contributed by atoms with Crippen molar-refractivity contribution in [3.05, 3.63) is 29.8 Å². The molecule has 1 heterocycles. The van der Waals surface area contributed by atoms with E-state index in [1.807, 2.05) is 36.1 Å². The maximum Gasteiger partial charge on any atom is 0.222 e. The van der Waals surface area contributed by atoms with Crippen molar-refractivity contribution in [2.24, 2.45) is 5.73 Å². The quantitative estimate of drug-likeness (QED) is 0.907. The molecule has 1 aliphatic rings. The Kier molecular flexibility index (Phi) is 6.05. The second-order valence-electron chi connectivity index (χ2n) is 5.61. The van der Waals surface area contributed by atoms with E-state index in [0.29, 0.717) is 19.6 Å². The van der Waals surface area contributed by atoms with Crippen molar-refractivity contribution in [2.45, 2.75) is 45.1 Å². The summed E-state index contributed by atoms with van der Waals surface area (Å²) in [4.78, 5) is 14.1. The van der Waals surface area contributed by atoms with Crippen molar-refractivity contribution in [1.29, 1.82) is 0 Å². The van der Waals surface area contributed by atoms with Gasteiger partial charge in [0.1, 0.15) is 5.75 Å². The molecule has 1 aromatic rings. The van der Waals surface area contributed by atoms with Crippen LogP contribution < -0.4 is 10.5 Å². The standard InChI is InChI=1S/C17H26N2O2/c1-2-21-15-10-8-14(9-11-15)16(18)13-19-12-6-4-3-5-7-17(19)20/h8-11,16H,2-7,12-13,18H2,1H3. The first-order valence-corrected chi connectivity index (χ1v) is 7.97. The first kappa shape index (κ1) is 15.8. The highest BCUT2D eigenvalue weighted by atomic mass is 16.5. The lowest BCUT2D eigenvalue weighted by molar-refractivity contribution is -0.132. The van der Waals surface area contributed by atoms with Gasteiger partial charge in [-0.3, -0.25) is 4.79 Å². The van der Waals surface area contributed by atoms with Crippen LogP contribution in [0.4, 0.5) is 0 Å². The molecule has 1 saturated heterocycles. The van der Waals surface area contributed by atoms with Gasteiger partial charge in [-0.25, -0.2) is 0 Å². The van der Waals surface area contributed by atoms with E-state index in [1.54, 1.807) is 0 Å². The number of hydrogen-bond acceptors (Lipinski definition) is 3. The average Bonchev–Trinajstić information content (AvgIpc) is 2.48. The predicted octanol–water partition coefficient (Wildman–Crippen LogP) is 2.88. The summed E-state index contributed by atoms with van der Waals surface area (Å²) in [5.74, 6) is 1.10. The number of nitrogens with zero attached hydrogens (tertiary/aromatic N) is 1. The van der Waals surface area contributed by atoms with E-state index in [0.717, 1.165) is 30.7 Å². The fourth-order valence-corrected chi connectivity index (χ4v) is 2.73. The first-order valence-electron chi connectivity index (χ1n) is 7.97. The first-order chi connectivity index (χ1) is 10.2. The molecular formula is C17H26N2O2. The lowest BCUT2D eigenvalue weighted by Gasteiger charge is -2.27. The van der Waals surface area contributed by atoms with Gasteiger partial charge in [0, 0.05) is 25.6 Å². The zero-order valence-corrected chi connectivity index (χ0v) is 12.9. The van der Waals surface area contributed by atoms with Crippen molar-refractivity contribution in [3.8, 4) is 5.75 Å². The molecule has 4 nitrogen and oxygen atoms in total. The summed E-state index contributed by atoms with van der Waals surface area (Å²) in [5, 5.41) is 0. The molecule has 2 rings (SSSR count). The van der Waals surface area contributed by atoms with Crippen LogP contribution in [0, 0.1) is 0 Å². The molecule has 0 saturated carbocycles. The van der Waals surface area contributed by atoms with Crippen LogP contribution in [-0.2, 0) is 4.79 Å². The van der Waals surface area contributed by atoms with Crippen LogP contribution in [0.2, 0.25) is 0 Å². The summed E-state index contributed by atoms with van der Waals surface area (Å²) in [7, 11) is 0. The fourth-order valence-electron chi connectivity index (χ4n) is 2.73. The Morgan fingerprint density at radius 1 is 1.19 bits per heavy atom. The van der Waals surface area contributed by atoms with Gasteiger partial charge < -0.3 is 15.4 Å². The highest BCUT2D eigenvalue weighted by molar-refractivity contribution is 5.76. The summed E-state index contributed by atoms with van der Waals surface area (Å²) in [6.07, 6.45) is 5.14. The number of carbonyl (C=O) groups excluding carboxylic acids is 1. The van der Waals surface area contributed by atoms with E-state index in [-0.39, 0.29) is 11.9 Å². The minimum Gasteiger partial charge on any atom is -0.494 e. The van der Waals surface area contributed by atoms with E-state index < -0.39 is 0 Å². The van der Waals surface area contributed by atoms with Gasteiger partial charge in [-0.2, -0.15) is 0 Å². The van der Waals surface area contributed by atoms with Gasteiger partial charge in [-0.15, -0.1) is 0 Å². The third-order valence-corrected chi connectivity index (χ3v) is 3.96. The molecule has 1 unspecified atom stereocenters. The van der Waals surface area contributed by atoms with Crippen molar-refractivity contribution in [1.82, 2.24) is 4.90 Å². The van der Waals surface area contributed by atoms with E-state index >= 15 is 0 Å². The molecule has 1 fully saturated rings. The second kappa shape index (κ2) is 8.03. The van der Waals surface area contributed by atoms with Crippen LogP contribution in [0.3, 0.4) is 0 Å². The maximum atomic E-state index is 12.1. The Morgan fingerprint density at radius 2 is 1.90 bits per heavy atom. The number of benzene rings is 1. The Bertz CT molecular complexity index is 445. The Labute approximate surface area is 127 Å². The van der Waals surface area contributed by atoms with Gasteiger partial charge in [0.2, 0.25) is 5.91 Å². The number of nitrogens with two attached hydrogens (primary N) is 1. The third kappa shape index (κ3) is 4.74. The van der Waals surface area contributed by atoms with Crippen LogP contribution in [0.15, 0.2) is 24.3 Å². The number of hydrogen-bond donors (Lipinski definition) is 1. The Hall–Kier alpha value is -1.55. The van der Waals surface area contributed by atoms with Gasteiger partial charge in [0.05, 0.1) is 6.61 Å². The normalized spacial score (nSPS) is 18.0. The summed E-state index contributed by atoms with van der Waals surface area (Å²) in [5.41, 5.74) is 7.32. The zero-order chi connectivity index (χ0) is 15.1. The fraction of sp³-hybridized carbons (Fsp3) is 0.588. The molecule has 1 aromatic carbocycles. The molecule has 0 aromatic heterocycles. The number of amides is 1. The largest absolute Gasteiger partial charge is 0.494 e.